The van der Waals surface area contributed by atoms with Crippen LogP contribution in [0.2, 0.25) is 0 Å². The van der Waals surface area contributed by atoms with E-state index in [1.54, 1.807) is 0 Å². The standard InChI is InChI=1S/C11H18O2/c1-2-3-8-13-11(12)9-10-6-4-5-7-10/h4-5,10H,2-3,6-9H2,1H3. The Kier molecular flexibility index (Phi) is 4.58. The van der Waals surface area contributed by atoms with Crippen LogP contribution in [0, 0.1) is 5.92 Å². The fourth-order valence-electron chi connectivity index (χ4n) is 1.47. The summed E-state index contributed by atoms with van der Waals surface area (Å²) in [7, 11) is 0. The average Bonchev–Trinajstić information content (AvgIpc) is 2.57. The summed E-state index contributed by atoms with van der Waals surface area (Å²) in [6.45, 7) is 2.68. The molecule has 0 radical (unpaired) electrons. The monoisotopic (exact) mass is 182 g/mol. The summed E-state index contributed by atoms with van der Waals surface area (Å²) in [4.78, 5) is 11.2. The van der Waals surface area contributed by atoms with E-state index in [0.717, 1.165) is 25.7 Å². The van der Waals surface area contributed by atoms with Crippen molar-refractivity contribution >= 4 is 5.97 Å². The number of unbranched alkanes of at least 4 members (excludes halogenated alkanes) is 1. The van der Waals surface area contributed by atoms with Gasteiger partial charge in [-0.3, -0.25) is 4.79 Å². The number of hydrogen-bond donors (Lipinski definition) is 0. The number of allylic oxidation sites excluding steroid dienone is 2. The molecule has 0 fully saturated rings. The van der Waals surface area contributed by atoms with Gasteiger partial charge in [0.1, 0.15) is 0 Å². The molecular weight excluding hydrogens is 164 g/mol. The van der Waals surface area contributed by atoms with Crippen LogP contribution in [0.1, 0.15) is 39.0 Å². The Morgan fingerprint density at radius 1 is 1.46 bits per heavy atom. The summed E-state index contributed by atoms with van der Waals surface area (Å²) in [5, 5.41) is 0. The van der Waals surface area contributed by atoms with Crippen molar-refractivity contribution < 1.29 is 9.53 Å². The van der Waals surface area contributed by atoms with Crippen LogP contribution in [0.3, 0.4) is 0 Å². The van der Waals surface area contributed by atoms with Crippen LogP contribution in [0.15, 0.2) is 12.2 Å². The molecule has 1 aliphatic carbocycles. The molecule has 0 amide bonds. The predicted molar refractivity (Wildman–Crippen MR) is 52.3 cm³/mol. The molecule has 0 unspecified atom stereocenters. The highest BCUT2D eigenvalue weighted by Gasteiger charge is 2.15. The second-order valence-corrected chi connectivity index (χ2v) is 3.59. The molecule has 0 aromatic rings. The summed E-state index contributed by atoms with van der Waals surface area (Å²) in [5.74, 6) is 0.483. The summed E-state index contributed by atoms with van der Waals surface area (Å²) < 4.78 is 5.08. The average molecular weight is 182 g/mol. The maximum Gasteiger partial charge on any atom is 0.306 e. The first-order chi connectivity index (χ1) is 6.33. The van der Waals surface area contributed by atoms with Crippen LogP contribution in [-0.2, 0) is 9.53 Å². The third-order valence-electron chi connectivity index (χ3n) is 2.32. The smallest absolute Gasteiger partial charge is 0.306 e. The van der Waals surface area contributed by atoms with Crippen molar-refractivity contribution in [1.29, 1.82) is 0 Å². The second kappa shape index (κ2) is 5.79. The maximum atomic E-state index is 11.2. The zero-order valence-electron chi connectivity index (χ0n) is 8.29. The molecule has 2 heteroatoms. The molecule has 13 heavy (non-hydrogen) atoms. The largest absolute Gasteiger partial charge is 0.466 e. The zero-order chi connectivity index (χ0) is 9.52. The van der Waals surface area contributed by atoms with Crippen molar-refractivity contribution in [2.45, 2.75) is 39.0 Å². The molecule has 74 valence electrons. The Labute approximate surface area is 80.0 Å². The third-order valence-corrected chi connectivity index (χ3v) is 2.32. The summed E-state index contributed by atoms with van der Waals surface area (Å²) >= 11 is 0. The van der Waals surface area contributed by atoms with Gasteiger partial charge in [0, 0.05) is 6.42 Å². The van der Waals surface area contributed by atoms with Gasteiger partial charge in [-0.05, 0) is 25.2 Å². The fraction of sp³-hybridized carbons (Fsp3) is 0.727. The number of ether oxygens (including phenoxy) is 1. The van der Waals surface area contributed by atoms with Crippen LogP contribution >= 0.6 is 0 Å². The number of carbonyl (C=O) groups is 1. The highest BCUT2D eigenvalue weighted by Crippen LogP contribution is 2.21. The number of carbonyl (C=O) groups excluding carboxylic acids is 1. The fourth-order valence-corrected chi connectivity index (χ4v) is 1.47. The minimum Gasteiger partial charge on any atom is -0.466 e. The van der Waals surface area contributed by atoms with Gasteiger partial charge in [0.15, 0.2) is 0 Å². The van der Waals surface area contributed by atoms with Crippen LogP contribution < -0.4 is 0 Å². The lowest BCUT2D eigenvalue weighted by Crippen LogP contribution is -2.10. The number of esters is 1. The molecule has 0 saturated carbocycles. The lowest BCUT2D eigenvalue weighted by molar-refractivity contribution is -0.144. The van der Waals surface area contributed by atoms with Crippen molar-refractivity contribution in [3.05, 3.63) is 12.2 Å². The van der Waals surface area contributed by atoms with E-state index in [4.69, 9.17) is 4.74 Å². The number of rotatable bonds is 5. The molecular formula is C11H18O2. The van der Waals surface area contributed by atoms with Crippen LogP contribution in [0.4, 0.5) is 0 Å². The summed E-state index contributed by atoms with van der Waals surface area (Å²) in [6.07, 6.45) is 9.03. The van der Waals surface area contributed by atoms with Crippen molar-refractivity contribution in [3.63, 3.8) is 0 Å². The molecule has 1 aliphatic rings. The molecule has 0 spiro atoms. The van der Waals surface area contributed by atoms with Gasteiger partial charge in [0.25, 0.3) is 0 Å². The minimum absolute atomic E-state index is 0.0258. The van der Waals surface area contributed by atoms with E-state index in [1.165, 1.54) is 0 Å². The third kappa shape index (κ3) is 4.11. The lowest BCUT2D eigenvalue weighted by Gasteiger charge is -2.08. The van der Waals surface area contributed by atoms with E-state index < -0.39 is 0 Å². The second-order valence-electron chi connectivity index (χ2n) is 3.59. The Hall–Kier alpha value is -0.790. The molecule has 0 heterocycles. The molecule has 0 aromatic carbocycles. The first kappa shape index (κ1) is 10.3. The molecule has 0 aliphatic heterocycles. The first-order valence-corrected chi connectivity index (χ1v) is 5.13. The minimum atomic E-state index is -0.0258. The van der Waals surface area contributed by atoms with Crippen molar-refractivity contribution in [2.75, 3.05) is 6.61 Å². The molecule has 1 rings (SSSR count). The molecule has 0 atom stereocenters. The van der Waals surface area contributed by atoms with Crippen LogP contribution in [0.5, 0.6) is 0 Å². The molecule has 2 nitrogen and oxygen atoms in total. The predicted octanol–water partition coefficient (Wildman–Crippen LogP) is 2.69. The van der Waals surface area contributed by atoms with Gasteiger partial charge in [-0.25, -0.2) is 0 Å². The molecule has 0 aromatic heterocycles. The first-order valence-electron chi connectivity index (χ1n) is 5.13. The van der Waals surface area contributed by atoms with E-state index in [-0.39, 0.29) is 5.97 Å². The Bertz CT molecular complexity index is 177. The van der Waals surface area contributed by atoms with Gasteiger partial charge >= 0.3 is 5.97 Å². The van der Waals surface area contributed by atoms with Crippen molar-refractivity contribution in [2.24, 2.45) is 5.92 Å². The van der Waals surface area contributed by atoms with Crippen molar-refractivity contribution in [3.8, 4) is 0 Å². The summed E-state index contributed by atoms with van der Waals surface area (Å²) in [6, 6.07) is 0. The van der Waals surface area contributed by atoms with Gasteiger partial charge in [-0.2, -0.15) is 0 Å². The zero-order valence-corrected chi connectivity index (χ0v) is 8.29. The molecule has 0 N–H and O–H groups in total. The normalized spacial score (nSPS) is 16.4. The highest BCUT2D eigenvalue weighted by atomic mass is 16.5. The Morgan fingerprint density at radius 2 is 2.15 bits per heavy atom. The van der Waals surface area contributed by atoms with Gasteiger partial charge in [0.05, 0.1) is 6.61 Å². The van der Waals surface area contributed by atoms with Gasteiger partial charge < -0.3 is 4.74 Å². The van der Waals surface area contributed by atoms with E-state index in [9.17, 15) is 4.79 Å². The molecule has 0 saturated heterocycles. The van der Waals surface area contributed by atoms with E-state index >= 15 is 0 Å². The van der Waals surface area contributed by atoms with Gasteiger partial charge in [-0.1, -0.05) is 25.5 Å². The van der Waals surface area contributed by atoms with E-state index in [0.29, 0.717) is 18.9 Å². The van der Waals surface area contributed by atoms with Crippen LogP contribution in [0.25, 0.3) is 0 Å². The van der Waals surface area contributed by atoms with Gasteiger partial charge in [0.2, 0.25) is 0 Å². The van der Waals surface area contributed by atoms with Crippen molar-refractivity contribution in [1.82, 2.24) is 0 Å². The van der Waals surface area contributed by atoms with Gasteiger partial charge in [-0.15, -0.1) is 0 Å². The van der Waals surface area contributed by atoms with Crippen LogP contribution in [-0.4, -0.2) is 12.6 Å². The Balaban J connectivity index is 2.03. The maximum absolute atomic E-state index is 11.2. The molecule has 0 bridgehead atoms. The quantitative estimate of drug-likeness (QED) is 0.371. The van der Waals surface area contributed by atoms with E-state index in [1.807, 2.05) is 0 Å². The SMILES string of the molecule is CCCCOC(=O)CC1CC=CC1. The number of hydrogen-bond acceptors (Lipinski definition) is 2. The highest BCUT2D eigenvalue weighted by molar-refractivity contribution is 5.69. The lowest BCUT2D eigenvalue weighted by atomic mass is 10.0. The van der Waals surface area contributed by atoms with E-state index in [2.05, 4.69) is 19.1 Å². The Morgan fingerprint density at radius 3 is 2.77 bits per heavy atom. The summed E-state index contributed by atoms with van der Waals surface area (Å²) in [5.41, 5.74) is 0. The topological polar surface area (TPSA) is 26.3 Å².